The van der Waals surface area contributed by atoms with Crippen LogP contribution in [0.15, 0.2) is 34.1 Å². The largest absolute Gasteiger partial charge is 0.480 e. The molecule has 1 aliphatic rings. The number of hydrogen-bond acceptors (Lipinski definition) is 11. The van der Waals surface area contributed by atoms with Gasteiger partial charge in [-0.25, -0.2) is 0 Å². The Hall–Kier alpha value is -2.64. The summed E-state index contributed by atoms with van der Waals surface area (Å²) >= 11 is 1.43. The molecular weight excluding hydrogens is 522 g/mol. The Bertz CT molecular complexity index is 997. The van der Waals surface area contributed by atoms with Crippen LogP contribution in [-0.2, 0) is 19.0 Å². The molecule has 39 heavy (non-hydrogen) atoms. The van der Waals surface area contributed by atoms with Gasteiger partial charge in [0.1, 0.15) is 4.90 Å². The number of carbonyl (C=O) groups is 1. The molecular formula is C27H41N5O6S. The maximum absolute atomic E-state index is 11.8. The highest BCUT2D eigenvalue weighted by atomic mass is 32.2. The van der Waals surface area contributed by atoms with E-state index in [-0.39, 0.29) is 5.91 Å². The van der Waals surface area contributed by atoms with Crippen molar-refractivity contribution in [3.05, 3.63) is 24.3 Å². The third-order valence-electron chi connectivity index (χ3n) is 5.99. The predicted molar refractivity (Wildman–Crippen MR) is 151 cm³/mol. The summed E-state index contributed by atoms with van der Waals surface area (Å²) in [7, 11) is 3.19. The van der Waals surface area contributed by atoms with E-state index in [0.29, 0.717) is 68.7 Å². The van der Waals surface area contributed by atoms with Crippen molar-refractivity contribution in [2.75, 3.05) is 96.8 Å². The lowest BCUT2D eigenvalue weighted by Gasteiger charge is -2.34. The summed E-state index contributed by atoms with van der Waals surface area (Å²) in [6.45, 7) is 11.8. The number of piperazine rings is 1. The summed E-state index contributed by atoms with van der Waals surface area (Å²) in [4.78, 5) is 27.3. The third kappa shape index (κ3) is 10.1. The highest BCUT2D eigenvalue weighted by Gasteiger charge is 2.24. The first-order chi connectivity index (χ1) is 19.1. The first kappa shape index (κ1) is 30.9. The van der Waals surface area contributed by atoms with Gasteiger partial charge in [0.05, 0.1) is 47.3 Å². The molecule has 3 rings (SSSR count). The predicted octanol–water partition coefficient (Wildman–Crippen LogP) is 3.19. The van der Waals surface area contributed by atoms with Gasteiger partial charge in [0, 0.05) is 56.3 Å². The standard InChI is InChI=1S/C27H41N5O6S/c1-5-23(33)28-21-8-7-9-22(20-21)39-24-25(34-3)29-27(30-26(24)35-4)32-12-10-31(11-13-32)14-15-37-18-19-38-17-16-36-6-2/h7-9,20H,5-6,10-19H2,1-4H3,(H,28,33). The molecule has 1 N–H and O–H groups in total. The Labute approximate surface area is 235 Å². The fourth-order valence-corrected chi connectivity index (χ4v) is 4.86. The van der Waals surface area contributed by atoms with Gasteiger partial charge in [-0.05, 0) is 25.1 Å². The zero-order valence-corrected chi connectivity index (χ0v) is 24.3. The highest BCUT2D eigenvalue weighted by Crippen LogP contribution is 2.41. The van der Waals surface area contributed by atoms with Gasteiger partial charge in [-0.1, -0.05) is 24.8 Å². The fourth-order valence-electron chi connectivity index (χ4n) is 3.86. The maximum atomic E-state index is 11.8. The summed E-state index contributed by atoms with van der Waals surface area (Å²) in [6.07, 6.45) is 0.418. The van der Waals surface area contributed by atoms with Crippen LogP contribution < -0.4 is 19.7 Å². The van der Waals surface area contributed by atoms with E-state index in [1.807, 2.05) is 38.1 Å². The molecule has 1 amide bonds. The minimum atomic E-state index is -0.0358. The quantitative estimate of drug-likeness (QED) is 0.287. The summed E-state index contributed by atoms with van der Waals surface area (Å²) in [6, 6.07) is 7.61. The summed E-state index contributed by atoms with van der Waals surface area (Å²) in [5, 5.41) is 2.89. The Kier molecular flexibility index (Phi) is 13.6. The topological polar surface area (TPSA) is 108 Å². The Morgan fingerprint density at radius 3 is 2.18 bits per heavy atom. The normalized spacial score (nSPS) is 13.9. The van der Waals surface area contributed by atoms with Gasteiger partial charge >= 0.3 is 0 Å². The van der Waals surface area contributed by atoms with Gasteiger partial charge in [0.2, 0.25) is 23.6 Å². The lowest BCUT2D eigenvalue weighted by molar-refractivity contribution is -0.115. The van der Waals surface area contributed by atoms with Crippen molar-refractivity contribution in [1.82, 2.24) is 14.9 Å². The van der Waals surface area contributed by atoms with Crippen LogP contribution in [0.2, 0.25) is 0 Å². The molecule has 1 aromatic carbocycles. The molecule has 1 fully saturated rings. The molecule has 11 nitrogen and oxygen atoms in total. The van der Waals surface area contributed by atoms with Crippen LogP contribution in [0.4, 0.5) is 11.6 Å². The third-order valence-corrected chi connectivity index (χ3v) is 7.04. The van der Waals surface area contributed by atoms with Crippen LogP contribution in [0.25, 0.3) is 0 Å². The fraction of sp³-hybridized carbons (Fsp3) is 0.593. The number of aromatic nitrogens is 2. The zero-order valence-electron chi connectivity index (χ0n) is 23.4. The maximum Gasteiger partial charge on any atom is 0.236 e. The van der Waals surface area contributed by atoms with Gasteiger partial charge in [0.25, 0.3) is 0 Å². The van der Waals surface area contributed by atoms with E-state index in [9.17, 15) is 4.79 Å². The molecule has 216 valence electrons. The number of carbonyl (C=O) groups excluding carboxylic acids is 1. The average molecular weight is 564 g/mol. The van der Waals surface area contributed by atoms with Crippen LogP contribution in [0.1, 0.15) is 20.3 Å². The zero-order chi connectivity index (χ0) is 27.9. The van der Waals surface area contributed by atoms with Gasteiger partial charge < -0.3 is 33.9 Å². The molecule has 0 radical (unpaired) electrons. The number of methoxy groups -OCH3 is 2. The number of nitrogens with zero attached hydrogens (tertiary/aromatic N) is 4. The number of amides is 1. The molecule has 1 aromatic heterocycles. The second-order valence-corrected chi connectivity index (χ2v) is 9.74. The van der Waals surface area contributed by atoms with Gasteiger partial charge in [0.15, 0.2) is 0 Å². The number of ether oxygens (including phenoxy) is 5. The van der Waals surface area contributed by atoms with E-state index in [1.165, 1.54) is 11.8 Å². The van der Waals surface area contributed by atoms with Crippen molar-refractivity contribution in [3.63, 3.8) is 0 Å². The molecule has 0 unspecified atom stereocenters. The van der Waals surface area contributed by atoms with E-state index in [0.717, 1.165) is 43.3 Å². The number of anilines is 2. The van der Waals surface area contributed by atoms with E-state index in [2.05, 4.69) is 15.1 Å². The monoisotopic (exact) mass is 563 g/mol. The van der Waals surface area contributed by atoms with Crippen molar-refractivity contribution in [3.8, 4) is 11.8 Å². The van der Waals surface area contributed by atoms with E-state index < -0.39 is 0 Å². The Morgan fingerprint density at radius 1 is 0.923 bits per heavy atom. The molecule has 0 atom stereocenters. The summed E-state index contributed by atoms with van der Waals surface area (Å²) in [5.41, 5.74) is 0.733. The number of benzene rings is 1. The van der Waals surface area contributed by atoms with Crippen LogP contribution in [0.3, 0.4) is 0 Å². The minimum absolute atomic E-state index is 0.0358. The summed E-state index contributed by atoms with van der Waals surface area (Å²) in [5.74, 6) is 1.44. The number of hydrogen-bond donors (Lipinski definition) is 1. The second kappa shape index (κ2) is 17.1. The Balaban J connectivity index is 1.52. The second-order valence-electron chi connectivity index (χ2n) is 8.65. The lowest BCUT2D eigenvalue weighted by atomic mass is 10.3. The smallest absolute Gasteiger partial charge is 0.236 e. The van der Waals surface area contributed by atoms with Crippen LogP contribution in [0.5, 0.6) is 11.8 Å². The molecule has 0 saturated carbocycles. The van der Waals surface area contributed by atoms with Crippen LogP contribution >= 0.6 is 11.8 Å². The lowest BCUT2D eigenvalue weighted by Crippen LogP contribution is -2.48. The van der Waals surface area contributed by atoms with Crippen LogP contribution in [0, 0.1) is 0 Å². The van der Waals surface area contributed by atoms with Crippen molar-refractivity contribution in [2.24, 2.45) is 0 Å². The molecule has 12 heteroatoms. The van der Waals surface area contributed by atoms with Gasteiger partial charge in [-0.15, -0.1) is 0 Å². The highest BCUT2D eigenvalue weighted by molar-refractivity contribution is 7.99. The molecule has 1 aliphatic heterocycles. The van der Waals surface area contributed by atoms with E-state index in [1.54, 1.807) is 14.2 Å². The number of nitrogens with one attached hydrogen (secondary N) is 1. The number of rotatable bonds is 17. The molecule has 0 aliphatic carbocycles. The molecule has 2 aromatic rings. The van der Waals surface area contributed by atoms with E-state index >= 15 is 0 Å². The minimum Gasteiger partial charge on any atom is -0.480 e. The van der Waals surface area contributed by atoms with Gasteiger partial charge in [-0.3, -0.25) is 9.69 Å². The average Bonchev–Trinajstić information content (AvgIpc) is 2.96. The van der Waals surface area contributed by atoms with Crippen molar-refractivity contribution < 1.29 is 28.5 Å². The van der Waals surface area contributed by atoms with Gasteiger partial charge in [-0.2, -0.15) is 9.97 Å². The van der Waals surface area contributed by atoms with Crippen molar-refractivity contribution in [2.45, 2.75) is 30.1 Å². The molecule has 0 spiro atoms. The van der Waals surface area contributed by atoms with Crippen LogP contribution in [-0.4, -0.2) is 107 Å². The molecule has 0 bridgehead atoms. The molecule has 1 saturated heterocycles. The van der Waals surface area contributed by atoms with Crippen molar-refractivity contribution >= 4 is 29.3 Å². The SMILES string of the molecule is CCOCCOCCOCCN1CCN(c2nc(OC)c(Sc3cccc(NC(=O)CC)c3)c(OC)n2)CC1. The Morgan fingerprint density at radius 2 is 1.56 bits per heavy atom. The first-order valence-corrected chi connectivity index (χ1v) is 14.2. The molecule has 2 heterocycles. The van der Waals surface area contributed by atoms with Crippen molar-refractivity contribution in [1.29, 1.82) is 0 Å². The summed E-state index contributed by atoms with van der Waals surface area (Å²) < 4.78 is 27.7. The first-order valence-electron chi connectivity index (χ1n) is 13.4. The van der Waals surface area contributed by atoms with E-state index in [4.69, 9.17) is 33.7 Å².